The Morgan fingerprint density at radius 1 is 0.857 bits per heavy atom. The van der Waals surface area contributed by atoms with Crippen LogP contribution in [0.1, 0.15) is 30.0 Å². The average Bonchev–Trinajstić information content (AvgIpc) is 2.73. The van der Waals surface area contributed by atoms with E-state index in [2.05, 4.69) is 29.6 Å². The van der Waals surface area contributed by atoms with E-state index in [0.29, 0.717) is 0 Å². The van der Waals surface area contributed by atoms with Crippen molar-refractivity contribution >= 4 is 5.91 Å². The van der Waals surface area contributed by atoms with Crippen LogP contribution in [0.2, 0.25) is 0 Å². The first-order chi connectivity index (χ1) is 13.7. The van der Waals surface area contributed by atoms with Gasteiger partial charge in [-0.05, 0) is 42.5 Å². The summed E-state index contributed by atoms with van der Waals surface area (Å²) >= 11 is 0. The van der Waals surface area contributed by atoms with Gasteiger partial charge in [-0.15, -0.1) is 0 Å². The Morgan fingerprint density at radius 2 is 1.46 bits per heavy atom. The van der Waals surface area contributed by atoms with E-state index in [4.69, 9.17) is 4.74 Å². The third-order valence-electron chi connectivity index (χ3n) is 4.69. The summed E-state index contributed by atoms with van der Waals surface area (Å²) in [6.45, 7) is 2.06. The fourth-order valence-corrected chi connectivity index (χ4v) is 3.17. The largest absolute Gasteiger partial charge is 0.483 e. The maximum Gasteiger partial charge on any atom is 0.258 e. The first kappa shape index (κ1) is 19.7. The zero-order valence-electron chi connectivity index (χ0n) is 16.3. The van der Waals surface area contributed by atoms with Crippen LogP contribution in [0.15, 0.2) is 84.9 Å². The minimum atomic E-state index is -0.0879. The summed E-state index contributed by atoms with van der Waals surface area (Å²) < 4.78 is 5.82. The number of ether oxygens (including phenoxy) is 1. The number of carbonyl (C=O) groups is 1. The lowest BCUT2D eigenvalue weighted by molar-refractivity contribution is -0.123. The minimum absolute atomic E-state index is 0.0292. The SMILES string of the molecule is C[C@@H](CCc1ccccc1)NC(=O)COc1ccccc1Cc1ccccc1. The number of carbonyl (C=O) groups excluding carboxylic acids is 1. The Balaban J connectivity index is 1.48. The first-order valence-corrected chi connectivity index (χ1v) is 9.78. The van der Waals surface area contributed by atoms with Gasteiger partial charge in [-0.1, -0.05) is 78.9 Å². The van der Waals surface area contributed by atoms with Crippen LogP contribution in [0.25, 0.3) is 0 Å². The summed E-state index contributed by atoms with van der Waals surface area (Å²) in [5.41, 5.74) is 3.59. The first-order valence-electron chi connectivity index (χ1n) is 9.78. The van der Waals surface area contributed by atoms with Crippen molar-refractivity contribution in [3.8, 4) is 5.75 Å². The van der Waals surface area contributed by atoms with E-state index in [1.807, 2.05) is 67.6 Å². The monoisotopic (exact) mass is 373 g/mol. The zero-order chi connectivity index (χ0) is 19.6. The van der Waals surface area contributed by atoms with Gasteiger partial charge in [0.1, 0.15) is 5.75 Å². The molecule has 1 amide bonds. The lowest BCUT2D eigenvalue weighted by Gasteiger charge is -2.15. The van der Waals surface area contributed by atoms with Gasteiger partial charge in [-0.3, -0.25) is 4.79 Å². The fourth-order valence-electron chi connectivity index (χ4n) is 3.17. The van der Waals surface area contributed by atoms with Crippen LogP contribution in [0.5, 0.6) is 5.75 Å². The van der Waals surface area contributed by atoms with E-state index in [9.17, 15) is 4.79 Å². The van der Waals surface area contributed by atoms with Gasteiger partial charge in [0.25, 0.3) is 5.91 Å². The van der Waals surface area contributed by atoms with Crippen LogP contribution in [-0.4, -0.2) is 18.6 Å². The average molecular weight is 373 g/mol. The molecule has 3 rings (SSSR count). The lowest BCUT2D eigenvalue weighted by Crippen LogP contribution is -2.36. The molecule has 3 nitrogen and oxygen atoms in total. The highest BCUT2D eigenvalue weighted by atomic mass is 16.5. The van der Waals surface area contributed by atoms with E-state index in [0.717, 1.165) is 30.6 Å². The molecule has 0 aromatic heterocycles. The van der Waals surface area contributed by atoms with Gasteiger partial charge < -0.3 is 10.1 Å². The number of rotatable bonds is 9. The van der Waals surface area contributed by atoms with Gasteiger partial charge in [0.2, 0.25) is 0 Å². The Hall–Kier alpha value is -3.07. The molecule has 3 heteroatoms. The Kier molecular flexibility index (Phi) is 7.25. The predicted octanol–water partition coefficient (Wildman–Crippen LogP) is 4.79. The maximum absolute atomic E-state index is 12.3. The van der Waals surface area contributed by atoms with Crippen LogP contribution >= 0.6 is 0 Å². The molecule has 144 valence electrons. The van der Waals surface area contributed by atoms with Gasteiger partial charge in [0.15, 0.2) is 6.61 Å². The molecule has 0 saturated heterocycles. The molecule has 0 aliphatic rings. The third kappa shape index (κ3) is 6.27. The number of amides is 1. The second-order valence-electron chi connectivity index (χ2n) is 7.05. The summed E-state index contributed by atoms with van der Waals surface area (Å²) in [7, 11) is 0. The molecule has 0 heterocycles. The van der Waals surface area contributed by atoms with E-state index < -0.39 is 0 Å². The topological polar surface area (TPSA) is 38.3 Å². The molecule has 28 heavy (non-hydrogen) atoms. The summed E-state index contributed by atoms with van der Waals surface area (Å²) in [6, 6.07) is 28.6. The van der Waals surface area contributed by atoms with Crippen molar-refractivity contribution in [2.45, 2.75) is 32.2 Å². The Labute approximate surface area is 167 Å². The second kappa shape index (κ2) is 10.3. The van der Waals surface area contributed by atoms with Crippen molar-refractivity contribution in [3.63, 3.8) is 0 Å². The number of para-hydroxylation sites is 1. The lowest BCUT2D eigenvalue weighted by atomic mass is 10.0. The molecule has 3 aromatic rings. The van der Waals surface area contributed by atoms with Crippen molar-refractivity contribution in [2.24, 2.45) is 0 Å². The van der Waals surface area contributed by atoms with E-state index in [1.54, 1.807) is 0 Å². The molecule has 0 saturated carbocycles. The molecule has 0 bridgehead atoms. The quantitative estimate of drug-likeness (QED) is 0.585. The standard InChI is InChI=1S/C25H27NO2/c1-20(16-17-21-10-4-2-5-11-21)26-25(27)19-28-24-15-9-8-14-23(24)18-22-12-6-3-7-13-22/h2-15,20H,16-19H2,1H3,(H,26,27)/t20-/m0/s1. The highest BCUT2D eigenvalue weighted by Gasteiger charge is 2.10. The van der Waals surface area contributed by atoms with Gasteiger partial charge in [-0.25, -0.2) is 0 Å². The van der Waals surface area contributed by atoms with Crippen LogP contribution in [0.3, 0.4) is 0 Å². The Bertz CT molecular complexity index is 862. The van der Waals surface area contributed by atoms with Crippen LogP contribution < -0.4 is 10.1 Å². The molecule has 0 aliphatic carbocycles. The molecule has 0 spiro atoms. The molecule has 1 atom stereocenters. The summed E-state index contributed by atoms with van der Waals surface area (Å²) in [6.07, 6.45) is 2.63. The van der Waals surface area contributed by atoms with Gasteiger partial charge in [-0.2, -0.15) is 0 Å². The van der Waals surface area contributed by atoms with Crippen molar-refractivity contribution in [2.75, 3.05) is 6.61 Å². The van der Waals surface area contributed by atoms with Crippen molar-refractivity contribution in [1.82, 2.24) is 5.32 Å². The highest BCUT2D eigenvalue weighted by molar-refractivity contribution is 5.77. The number of hydrogen-bond acceptors (Lipinski definition) is 2. The number of aryl methyl sites for hydroxylation is 1. The molecule has 0 unspecified atom stereocenters. The molecule has 3 aromatic carbocycles. The predicted molar refractivity (Wildman–Crippen MR) is 114 cm³/mol. The molecule has 1 N–H and O–H groups in total. The van der Waals surface area contributed by atoms with Crippen LogP contribution in [0, 0.1) is 0 Å². The normalized spacial score (nSPS) is 11.6. The van der Waals surface area contributed by atoms with Crippen molar-refractivity contribution in [3.05, 3.63) is 102 Å². The zero-order valence-corrected chi connectivity index (χ0v) is 16.3. The van der Waals surface area contributed by atoms with E-state index in [1.165, 1.54) is 11.1 Å². The molecule has 0 aliphatic heterocycles. The number of nitrogens with one attached hydrogen (secondary N) is 1. The Morgan fingerprint density at radius 3 is 2.18 bits per heavy atom. The molecular formula is C25H27NO2. The highest BCUT2D eigenvalue weighted by Crippen LogP contribution is 2.21. The molecule has 0 radical (unpaired) electrons. The van der Waals surface area contributed by atoms with Crippen molar-refractivity contribution in [1.29, 1.82) is 0 Å². The number of benzene rings is 3. The fraction of sp³-hybridized carbons (Fsp3) is 0.240. The van der Waals surface area contributed by atoms with Crippen molar-refractivity contribution < 1.29 is 9.53 Å². The van der Waals surface area contributed by atoms with Gasteiger partial charge >= 0.3 is 0 Å². The van der Waals surface area contributed by atoms with Gasteiger partial charge in [0, 0.05) is 12.5 Å². The van der Waals surface area contributed by atoms with Crippen LogP contribution in [-0.2, 0) is 17.6 Å². The maximum atomic E-state index is 12.3. The van der Waals surface area contributed by atoms with Crippen LogP contribution in [0.4, 0.5) is 0 Å². The summed E-state index contributed by atoms with van der Waals surface area (Å²) in [4.78, 5) is 12.3. The second-order valence-corrected chi connectivity index (χ2v) is 7.05. The smallest absolute Gasteiger partial charge is 0.258 e. The van der Waals surface area contributed by atoms with Gasteiger partial charge in [0.05, 0.1) is 0 Å². The molecule has 0 fully saturated rings. The minimum Gasteiger partial charge on any atom is -0.483 e. The third-order valence-corrected chi connectivity index (χ3v) is 4.69. The van der Waals surface area contributed by atoms with E-state index >= 15 is 0 Å². The number of hydrogen-bond donors (Lipinski definition) is 1. The summed E-state index contributed by atoms with van der Waals surface area (Å²) in [5, 5.41) is 3.03. The van der Waals surface area contributed by atoms with E-state index in [-0.39, 0.29) is 18.6 Å². The molecular weight excluding hydrogens is 346 g/mol. The summed E-state index contributed by atoms with van der Waals surface area (Å²) in [5.74, 6) is 0.675.